The van der Waals surface area contributed by atoms with E-state index in [2.05, 4.69) is 4.74 Å². The Labute approximate surface area is 96.7 Å². The minimum atomic E-state index is -0.555. The molecule has 0 unspecified atom stereocenters. The van der Waals surface area contributed by atoms with Gasteiger partial charge in [-0.3, -0.25) is 0 Å². The highest BCUT2D eigenvalue weighted by Crippen LogP contribution is 2.38. The van der Waals surface area contributed by atoms with E-state index in [4.69, 9.17) is 17.0 Å². The average molecular weight is 230 g/mol. The summed E-state index contributed by atoms with van der Waals surface area (Å²) in [6.45, 7) is 0. The van der Waals surface area contributed by atoms with Crippen molar-refractivity contribution >= 4 is 5.97 Å². The van der Waals surface area contributed by atoms with E-state index in [9.17, 15) is 4.79 Å². The Balaban J connectivity index is 3.28. The fourth-order valence-electron chi connectivity index (χ4n) is 1.21. The second kappa shape index (κ2) is 5.25. The molecule has 0 fully saturated rings. The summed E-state index contributed by atoms with van der Waals surface area (Å²) in [4.78, 5) is 11.4. The number of ether oxygens (including phenoxy) is 4. The number of rotatable bonds is 4. The quantitative estimate of drug-likeness (QED) is 0.734. The van der Waals surface area contributed by atoms with Crippen molar-refractivity contribution in [3.63, 3.8) is 0 Å². The molecule has 0 amide bonds. The number of methoxy groups -OCH3 is 4. The fourth-order valence-corrected chi connectivity index (χ4v) is 1.21. The highest BCUT2D eigenvalue weighted by Gasteiger charge is 2.16. The Morgan fingerprint density at radius 3 is 2.25 bits per heavy atom. The third kappa shape index (κ3) is 2.18. The Morgan fingerprint density at radius 1 is 1.12 bits per heavy atom. The Kier molecular flexibility index (Phi) is 3.06. The standard InChI is InChI=1S/C11H14O5/c1-13-8-5-7(11(12)16-4)6-9(14-2)10(8)15-3/h5-6H,1-4H3/i1T,3T. The molecule has 5 heteroatoms. The van der Waals surface area contributed by atoms with Crippen LogP contribution in [0.1, 0.15) is 13.1 Å². The number of benzene rings is 1. The van der Waals surface area contributed by atoms with E-state index in [1.807, 2.05) is 0 Å². The second-order valence-electron chi connectivity index (χ2n) is 2.79. The van der Waals surface area contributed by atoms with Gasteiger partial charge in [0.1, 0.15) is 0 Å². The van der Waals surface area contributed by atoms with Crippen LogP contribution < -0.4 is 14.2 Å². The van der Waals surface area contributed by atoms with Gasteiger partial charge >= 0.3 is 5.97 Å². The van der Waals surface area contributed by atoms with Crippen molar-refractivity contribution < 1.29 is 26.5 Å². The zero-order valence-electron chi connectivity index (χ0n) is 11.1. The molecule has 0 aliphatic carbocycles. The van der Waals surface area contributed by atoms with Crippen LogP contribution in [0.4, 0.5) is 0 Å². The molecule has 0 heterocycles. The molecule has 0 saturated heterocycles. The van der Waals surface area contributed by atoms with E-state index in [0.717, 1.165) is 0 Å². The first-order valence-electron chi connectivity index (χ1n) is 5.73. The maximum atomic E-state index is 11.4. The summed E-state index contributed by atoms with van der Waals surface area (Å²) in [7, 11) is 1.98. The molecule has 0 aromatic heterocycles. The summed E-state index contributed by atoms with van der Waals surface area (Å²) >= 11 is 0. The summed E-state index contributed by atoms with van der Waals surface area (Å²) < 4.78 is 33.8. The molecule has 1 rings (SSSR count). The van der Waals surface area contributed by atoms with Gasteiger partial charge in [0.15, 0.2) is 11.5 Å². The first-order chi connectivity index (χ1) is 8.67. The normalized spacial score (nSPS) is 11.1. The molecule has 0 radical (unpaired) electrons. The minimum Gasteiger partial charge on any atom is -0.493 e. The molecule has 0 atom stereocenters. The summed E-state index contributed by atoms with van der Waals surface area (Å²) in [6.07, 6.45) is 0. The number of carbonyl (C=O) groups is 1. The molecule has 0 aliphatic heterocycles. The lowest BCUT2D eigenvalue weighted by atomic mass is 10.2. The summed E-state index contributed by atoms with van der Waals surface area (Å²) in [5.74, 6) is 0.0403. The van der Waals surface area contributed by atoms with Crippen LogP contribution in [0.25, 0.3) is 0 Å². The smallest absolute Gasteiger partial charge is 0.338 e. The van der Waals surface area contributed by atoms with Gasteiger partial charge in [-0.25, -0.2) is 4.79 Å². The van der Waals surface area contributed by atoms with Crippen LogP contribution in [-0.2, 0) is 4.74 Å². The molecule has 0 aliphatic rings. The highest BCUT2D eigenvalue weighted by atomic mass is 16.5. The first-order valence-corrected chi connectivity index (χ1v) is 4.32. The molecule has 16 heavy (non-hydrogen) atoms. The summed E-state index contributed by atoms with van der Waals surface area (Å²) in [6, 6.07) is 2.81. The largest absolute Gasteiger partial charge is 0.493 e. The molecular formula is C11H14O5. The molecule has 1 aromatic rings. The Hall–Kier alpha value is -1.91. The molecule has 1 aromatic carbocycles. The van der Waals surface area contributed by atoms with Crippen LogP contribution in [0.5, 0.6) is 17.2 Å². The van der Waals surface area contributed by atoms with Crippen LogP contribution >= 0.6 is 0 Å². The average Bonchev–Trinajstić information content (AvgIpc) is 2.39. The van der Waals surface area contributed by atoms with Crippen LogP contribution in [0.2, 0.25) is 0 Å². The van der Waals surface area contributed by atoms with E-state index in [1.54, 1.807) is 0 Å². The number of carbonyl (C=O) groups excluding carboxylic acids is 1. The topological polar surface area (TPSA) is 54.0 Å². The van der Waals surface area contributed by atoms with E-state index in [0.29, 0.717) is 0 Å². The number of esters is 1. The molecular weight excluding hydrogens is 212 g/mol. The summed E-state index contributed by atoms with van der Waals surface area (Å²) in [5, 5.41) is 0. The van der Waals surface area contributed by atoms with Crippen molar-refractivity contribution in [3.8, 4) is 17.2 Å². The van der Waals surface area contributed by atoms with Gasteiger partial charge in [-0.2, -0.15) is 0 Å². The van der Waals surface area contributed by atoms with Crippen LogP contribution in [0, 0.1) is 0 Å². The van der Waals surface area contributed by atoms with Gasteiger partial charge in [0.2, 0.25) is 5.75 Å². The van der Waals surface area contributed by atoms with Gasteiger partial charge in [0.05, 0.1) is 36.7 Å². The number of hydrogen-bond acceptors (Lipinski definition) is 5. The zero-order chi connectivity index (χ0) is 13.5. The predicted octanol–water partition coefficient (Wildman–Crippen LogP) is 1.50. The zero-order valence-corrected chi connectivity index (χ0v) is 9.11. The van der Waals surface area contributed by atoms with E-state index < -0.39 is 5.97 Å². The Morgan fingerprint density at radius 2 is 1.75 bits per heavy atom. The maximum absolute atomic E-state index is 11.4. The molecule has 0 spiro atoms. The third-order valence-electron chi connectivity index (χ3n) is 1.96. The van der Waals surface area contributed by atoms with Crippen LogP contribution in [0.3, 0.4) is 0 Å². The van der Waals surface area contributed by atoms with Crippen molar-refractivity contribution in [2.75, 3.05) is 28.4 Å². The van der Waals surface area contributed by atoms with Gasteiger partial charge in [-0.05, 0) is 12.1 Å². The monoisotopic (exact) mass is 230 g/mol. The van der Waals surface area contributed by atoms with Gasteiger partial charge in [-0.15, -0.1) is 0 Å². The molecule has 0 bridgehead atoms. The SMILES string of the molecule is [3H]COc1cc(C(=O)OC)cc(OC)c1OC[3H]. The first kappa shape index (κ1) is 9.33. The Bertz CT molecular complexity index is 422. The van der Waals surface area contributed by atoms with Gasteiger partial charge in [0, 0.05) is 0 Å². The van der Waals surface area contributed by atoms with E-state index in [1.165, 1.54) is 26.4 Å². The van der Waals surface area contributed by atoms with Crippen molar-refractivity contribution in [2.45, 2.75) is 0 Å². The van der Waals surface area contributed by atoms with Crippen molar-refractivity contribution in [3.05, 3.63) is 17.7 Å². The predicted molar refractivity (Wildman–Crippen MR) is 57.4 cm³/mol. The van der Waals surface area contributed by atoms with E-state index >= 15 is 0 Å². The molecule has 0 N–H and O–H groups in total. The van der Waals surface area contributed by atoms with Gasteiger partial charge in [0.25, 0.3) is 0 Å². The highest BCUT2D eigenvalue weighted by molar-refractivity contribution is 5.91. The van der Waals surface area contributed by atoms with Crippen molar-refractivity contribution in [1.82, 2.24) is 0 Å². The number of hydrogen-bond donors (Lipinski definition) is 0. The minimum absolute atomic E-state index is 0.164. The maximum Gasteiger partial charge on any atom is 0.338 e. The lowest BCUT2D eigenvalue weighted by molar-refractivity contribution is 0.0600. The molecule has 5 nitrogen and oxygen atoms in total. The van der Waals surface area contributed by atoms with Crippen LogP contribution in [-0.4, -0.2) is 34.4 Å². The van der Waals surface area contributed by atoms with Gasteiger partial charge < -0.3 is 18.9 Å². The second-order valence-corrected chi connectivity index (χ2v) is 2.79. The van der Waals surface area contributed by atoms with Crippen molar-refractivity contribution in [1.29, 1.82) is 0 Å². The van der Waals surface area contributed by atoms with E-state index in [-0.39, 0.29) is 37.0 Å². The summed E-state index contributed by atoms with van der Waals surface area (Å²) in [5.41, 5.74) is 0.218. The lowest BCUT2D eigenvalue weighted by Gasteiger charge is -2.13. The molecule has 0 saturated carbocycles. The van der Waals surface area contributed by atoms with Crippen molar-refractivity contribution in [2.24, 2.45) is 0 Å². The van der Waals surface area contributed by atoms with Crippen LogP contribution in [0.15, 0.2) is 12.1 Å². The lowest BCUT2D eigenvalue weighted by Crippen LogP contribution is -2.03. The van der Waals surface area contributed by atoms with Gasteiger partial charge in [-0.1, -0.05) is 0 Å². The fraction of sp³-hybridized carbons (Fsp3) is 0.364. The third-order valence-corrected chi connectivity index (χ3v) is 1.96. The molecule has 88 valence electrons.